The van der Waals surface area contributed by atoms with E-state index in [1.165, 1.54) is 6.20 Å². The van der Waals surface area contributed by atoms with Crippen LogP contribution in [0.4, 0.5) is 5.69 Å². The Hall–Kier alpha value is -2.69. The fourth-order valence-electron chi connectivity index (χ4n) is 1.74. The first kappa shape index (κ1) is 14.7. The molecule has 0 aliphatic rings. The molecule has 108 valence electrons. The van der Waals surface area contributed by atoms with E-state index in [0.717, 1.165) is 5.56 Å². The van der Waals surface area contributed by atoms with Gasteiger partial charge in [-0.3, -0.25) is 14.6 Å². The molecule has 0 saturated heterocycles. The van der Waals surface area contributed by atoms with Gasteiger partial charge in [-0.15, -0.1) is 0 Å². The molecule has 21 heavy (non-hydrogen) atoms. The van der Waals surface area contributed by atoms with Crippen molar-refractivity contribution in [3.63, 3.8) is 0 Å². The molecule has 2 aromatic rings. The summed E-state index contributed by atoms with van der Waals surface area (Å²) in [5.41, 5.74) is 2.10. The van der Waals surface area contributed by atoms with Crippen LogP contribution in [0.5, 0.6) is 0 Å². The van der Waals surface area contributed by atoms with Crippen LogP contribution < -0.4 is 5.32 Å². The highest BCUT2D eigenvalue weighted by atomic mass is 16.2. The minimum absolute atomic E-state index is 0.0437. The highest BCUT2D eigenvalue weighted by molar-refractivity contribution is 6.04. The van der Waals surface area contributed by atoms with Crippen LogP contribution in [0.1, 0.15) is 15.9 Å². The van der Waals surface area contributed by atoms with Crippen molar-refractivity contribution < 1.29 is 9.59 Å². The molecule has 1 aromatic carbocycles. The summed E-state index contributed by atoms with van der Waals surface area (Å²) in [4.78, 5) is 29.0. The smallest absolute Gasteiger partial charge is 0.257 e. The highest BCUT2D eigenvalue weighted by Crippen LogP contribution is 2.12. The Kier molecular flexibility index (Phi) is 4.66. The molecular weight excluding hydrogens is 266 g/mol. The first-order valence-electron chi connectivity index (χ1n) is 6.57. The van der Waals surface area contributed by atoms with E-state index >= 15 is 0 Å². The third-order valence-electron chi connectivity index (χ3n) is 2.99. The van der Waals surface area contributed by atoms with E-state index in [4.69, 9.17) is 0 Å². The van der Waals surface area contributed by atoms with Crippen LogP contribution in [-0.4, -0.2) is 35.8 Å². The number of likely N-dealkylation sites (N-methyl/N-ethyl adjacent to an activating group) is 1. The van der Waals surface area contributed by atoms with Crippen LogP contribution in [0.2, 0.25) is 0 Å². The SMILES string of the molecule is CN(C)C(=O)Cc1ccc(NC(=O)c2cccnc2)cc1. The number of benzene rings is 1. The minimum Gasteiger partial charge on any atom is -0.349 e. The van der Waals surface area contributed by atoms with Gasteiger partial charge < -0.3 is 10.2 Å². The zero-order valence-electron chi connectivity index (χ0n) is 12.0. The highest BCUT2D eigenvalue weighted by Gasteiger charge is 2.07. The van der Waals surface area contributed by atoms with Crippen molar-refractivity contribution in [1.82, 2.24) is 9.88 Å². The molecular formula is C16H17N3O2. The molecule has 2 amide bonds. The lowest BCUT2D eigenvalue weighted by atomic mass is 10.1. The lowest BCUT2D eigenvalue weighted by Gasteiger charge is -2.10. The van der Waals surface area contributed by atoms with E-state index in [1.807, 2.05) is 12.1 Å². The van der Waals surface area contributed by atoms with Gasteiger partial charge in [0.05, 0.1) is 12.0 Å². The van der Waals surface area contributed by atoms with Gasteiger partial charge in [-0.2, -0.15) is 0 Å². The number of pyridine rings is 1. The molecule has 1 aromatic heterocycles. The average Bonchev–Trinajstić information content (AvgIpc) is 2.50. The number of nitrogens with one attached hydrogen (secondary N) is 1. The number of aromatic nitrogens is 1. The molecule has 0 aliphatic carbocycles. The van der Waals surface area contributed by atoms with Crippen LogP contribution in [0, 0.1) is 0 Å². The van der Waals surface area contributed by atoms with Crippen molar-refractivity contribution in [2.75, 3.05) is 19.4 Å². The van der Waals surface area contributed by atoms with Crippen LogP contribution >= 0.6 is 0 Å². The summed E-state index contributed by atoms with van der Waals surface area (Å²) in [6, 6.07) is 10.6. The first-order chi connectivity index (χ1) is 10.1. The van der Waals surface area contributed by atoms with E-state index < -0.39 is 0 Å². The van der Waals surface area contributed by atoms with Crippen molar-refractivity contribution in [2.45, 2.75) is 6.42 Å². The quantitative estimate of drug-likeness (QED) is 0.933. The zero-order valence-corrected chi connectivity index (χ0v) is 12.0. The van der Waals surface area contributed by atoms with E-state index in [1.54, 1.807) is 49.5 Å². The molecule has 2 rings (SSSR count). The summed E-state index contributed by atoms with van der Waals surface area (Å²) in [5.74, 6) is -0.164. The van der Waals surface area contributed by atoms with Crippen molar-refractivity contribution in [3.8, 4) is 0 Å². The van der Waals surface area contributed by atoms with Gasteiger partial charge in [-0.1, -0.05) is 12.1 Å². The van der Waals surface area contributed by atoms with Crippen LogP contribution in [0.3, 0.4) is 0 Å². The summed E-state index contributed by atoms with van der Waals surface area (Å²) >= 11 is 0. The van der Waals surface area contributed by atoms with Crippen molar-refractivity contribution in [1.29, 1.82) is 0 Å². The lowest BCUT2D eigenvalue weighted by molar-refractivity contribution is -0.127. The van der Waals surface area contributed by atoms with Gasteiger partial charge >= 0.3 is 0 Å². The second kappa shape index (κ2) is 6.65. The lowest BCUT2D eigenvalue weighted by Crippen LogP contribution is -2.23. The molecule has 5 heteroatoms. The predicted octanol–water partition coefficient (Wildman–Crippen LogP) is 1.96. The van der Waals surface area contributed by atoms with E-state index in [2.05, 4.69) is 10.3 Å². The molecule has 0 unspecified atom stereocenters. The minimum atomic E-state index is -0.208. The molecule has 0 radical (unpaired) electrons. The van der Waals surface area contributed by atoms with E-state index in [-0.39, 0.29) is 11.8 Å². The summed E-state index contributed by atoms with van der Waals surface area (Å²) in [7, 11) is 3.45. The van der Waals surface area contributed by atoms with Crippen LogP contribution in [-0.2, 0) is 11.2 Å². The van der Waals surface area contributed by atoms with Crippen molar-refractivity contribution in [2.24, 2.45) is 0 Å². The number of rotatable bonds is 4. The molecule has 0 bridgehead atoms. The third kappa shape index (κ3) is 4.14. The normalized spacial score (nSPS) is 10.0. The van der Waals surface area contributed by atoms with Gasteiger partial charge in [0.2, 0.25) is 5.91 Å². The summed E-state index contributed by atoms with van der Waals surface area (Å²) in [6.07, 6.45) is 3.48. The number of carbonyl (C=O) groups is 2. The standard InChI is InChI=1S/C16H17N3O2/c1-19(2)15(20)10-12-5-7-14(8-6-12)18-16(21)13-4-3-9-17-11-13/h3-9,11H,10H2,1-2H3,(H,18,21). The average molecular weight is 283 g/mol. The molecule has 0 atom stereocenters. The van der Waals surface area contributed by atoms with Gasteiger partial charge in [-0.05, 0) is 29.8 Å². The Balaban J connectivity index is 2.00. The number of hydrogen-bond donors (Lipinski definition) is 1. The van der Waals surface area contributed by atoms with Crippen LogP contribution in [0.25, 0.3) is 0 Å². The zero-order chi connectivity index (χ0) is 15.2. The number of amides is 2. The van der Waals surface area contributed by atoms with Gasteiger partial charge in [0.25, 0.3) is 5.91 Å². The van der Waals surface area contributed by atoms with Crippen molar-refractivity contribution in [3.05, 3.63) is 59.9 Å². The van der Waals surface area contributed by atoms with E-state index in [9.17, 15) is 9.59 Å². The Morgan fingerprint density at radius 1 is 1.14 bits per heavy atom. The molecule has 5 nitrogen and oxygen atoms in total. The topological polar surface area (TPSA) is 62.3 Å². The molecule has 0 saturated carbocycles. The van der Waals surface area contributed by atoms with Gasteiger partial charge in [0, 0.05) is 32.2 Å². The monoisotopic (exact) mass is 283 g/mol. The maximum Gasteiger partial charge on any atom is 0.257 e. The summed E-state index contributed by atoms with van der Waals surface area (Å²) < 4.78 is 0. The Labute approximate surface area is 123 Å². The third-order valence-corrected chi connectivity index (χ3v) is 2.99. The van der Waals surface area contributed by atoms with Crippen molar-refractivity contribution >= 4 is 17.5 Å². The Morgan fingerprint density at radius 2 is 1.86 bits per heavy atom. The molecule has 0 spiro atoms. The maximum absolute atomic E-state index is 12.0. The Bertz CT molecular complexity index is 622. The summed E-state index contributed by atoms with van der Waals surface area (Å²) in [6.45, 7) is 0. The van der Waals surface area contributed by atoms with Crippen LogP contribution in [0.15, 0.2) is 48.8 Å². The maximum atomic E-state index is 12.0. The Morgan fingerprint density at radius 3 is 2.43 bits per heavy atom. The van der Waals surface area contributed by atoms with Gasteiger partial charge in [-0.25, -0.2) is 0 Å². The van der Waals surface area contributed by atoms with Gasteiger partial charge in [0.1, 0.15) is 0 Å². The molecule has 0 fully saturated rings. The molecule has 0 aliphatic heterocycles. The second-order valence-electron chi connectivity index (χ2n) is 4.86. The first-order valence-corrected chi connectivity index (χ1v) is 6.57. The summed E-state index contributed by atoms with van der Waals surface area (Å²) in [5, 5.41) is 2.79. The largest absolute Gasteiger partial charge is 0.349 e. The fourth-order valence-corrected chi connectivity index (χ4v) is 1.74. The van der Waals surface area contributed by atoms with Gasteiger partial charge in [0.15, 0.2) is 0 Å². The number of carbonyl (C=O) groups excluding carboxylic acids is 2. The predicted molar refractivity (Wildman–Crippen MR) is 81.0 cm³/mol. The number of anilines is 1. The second-order valence-corrected chi connectivity index (χ2v) is 4.86. The fraction of sp³-hybridized carbons (Fsp3) is 0.188. The molecule has 1 N–H and O–H groups in total. The number of nitrogens with zero attached hydrogens (tertiary/aromatic N) is 2. The number of hydrogen-bond acceptors (Lipinski definition) is 3. The van der Waals surface area contributed by atoms with E-state index in [0.29, 0.717) is 17.7 Å². The molecule has 1 heterocycles.